The van der Waals surface area contributed by atoms with Gasteiger partial charge in [0.25, 0.3) is 0 Å². The Kier molecular flexibility index (Phi) is 3.58. The fraction of sp³-hybridized carbons (Fsp3) is 0.286. The fourth-order valence-corrected chi connectivity index (χ4v) is 1.96. The Hall–Kier alpha value is -1.94. The Morgan fingerprint density at radius 1 is 1.17 bits per heavy atom. The maximum atomic E-state index is 6.22. The quantitative estimate of drug-likeness (QED) is 0.902. The van der Waals surface area contributed by atoms with Gasteiger partial charge in [0.15, 0.2) is 11.5 Å². The summed E-state index contributed by atoms with van der Waals surface area (Å²) in [7, 11) is 3.23. The number of methoxy groups -OCH3 is 2. The molecule has 0 spiro atoms. The number of ether oxygens (including phenoxy) is 2. The molecule has 96 valence electrons. The van der Waals surface area contributed by atoms with Gasteiger partial charge in [-0.15, -0.1) is 0 Å². The summed E-state index contributed by atoms with van der Waals surface area (Å²) in [6, 6.07) is 5.46. The van der Waals surface area contributed by atoms with E-state index in [-0.39, 0.29) is 6.04 Å². The number of furan rings is 1. The van der Waals surface area contributed by atoms with E-state index in [9.17, 15) is 0 Å². The molecule has 1 aromatic heterocycles. The summed E-state index contributed by atoms with van der Waals surface area (Å²) in [5, 5.41) is 0. The maximum Gasteiger partial charge on any atom is 0.161 e. The van der Waals surface area contributed by atoms with Crippen molar-refractivity contribution in [2.45, 2.75) is 13.0 Å². The summed E-state index contributed by atoms with van der Waals surface area (Å²) in [6.45, 7) is 2.00. The maximum absolute atomic E-state index is 6.22. The molecular weight excluding hydrogens is 230 g/mol. The highest BCUT2D eigenvalue weighted by molar-refractivity contribution is 5.49. The van der Waals surface area contributed by atoms with Gasteiger partial charge in [-0.05, 0) is 36.2 Å². The zero-order valence-electron chi connectivity index (χ0n) is 10.8. The van der Waals surface area contributed by atoms with Crippen molar-refractivity contribution >= 4 is 0 Å². The van der Waals surface area contributed by atoms with Crippen molar-refractivity contribution in [1.29, 1.82) is 0 Å². The van der Waals surface area contributed by atoms with Crippen LogP contribution in [0, 0.1) is 6.92 Å². The van der Waals surface area contributed by atoms with Gasteiger partial charge in [0.1, 0.15) is 0 Å². The van der Waals surface area contributed by atoms with Gasteiger partial charge in [-0.3, -0.25) is 0 Å². The molecular formula is C14H17NO3. The van der Waals surface area contributed by atoms with E-state index in [0.29, 0.717) is 11.5 Å². The minimum Gasteiger partial charge on any atom is -0.493 e. The second-order valence-electron chi connectivity index (χ2n) is 4.10. The molecule has 18 heavy (non-hydrogen) atoms. The van der Waals surface area contributed by atoms with Crippen LogP contribution < -0.4 is 15.2 Å². The van der Waals surface area contributed by atoms with Crippen molar-refractivity contribution in [3.05, 3.63) is 47.4 Å². The van der Waals surface area contributed by atoms with Crippen molar-refractivity contribution in [3.63, 3.8) is 0 Å². The van der Waals surface area contributed by atoms with Crippen LogP contribution in [0.4, 0.5) is 0 Å². The van der Waals surface area contributed by atoms with Gasteiger partial charge in [0.2, 0.25) is 0 Å². The van der Waals surface area contributed by atoms with Gasteiger partial charge < -0.3 is 19.6 Å². The lowest BCUT2D eigenvalue weighted by Gasteiger charge is -2.16. The molecule has 0 aliphatic heterocycles. The van der Waals surface area contributed by atoms with Crippen LogP contribution in [-0.2, 0) is 0 Å². The Morgan fingerprint density at radius 2 is 1.83 bits per heavy atom. The highest BCUT2D eigenvalue weighted by atomic mass is 16.5. The Bertz CT molecular complexity index is 520. The highest BCUT2D eigenvalue weighted by Crippen LogP contribution is 2.34. The number of hydrogen-bond donors (Lipinski definition) is 1. The second kappa shape index (κ2) is 5.14. The van der Waals surface area contributed by atoms with E-state index in [0.717, 1.165) is 16.7 Å². The normalized spacial score (nSPS) is 12.2. The lowest BCUT2D eigenvalue weighted by atomic mass is 9.97. The van der Waals surface area contributed by atoms with E-state index < -0.39 is 0 Å². The van der Waals surface area contributed by atoms with Crippen LogP contribution in [0.2, 0.25) is 0 Å². The van der Waals surface area contributed by atoms with Crippen LogP contribution in [0.25, 0.3) is 0 Å². The summed E-state index contributed by atoms with van der Waals surface area (Å²) in [5.41, 5.74) is 9.21. The summed E-state index contributed by atoms with van der Waals surface area (Å²) in [6.07, 6.45) is 3.27. The van der Waals surface area contributed by atoms with Crippen molar-refractivity contribution < 1.29 is 13.9 Å². The molecule has 0 bridgehead atoms. The first-order chi connectivity index (χ1) is 8.67. The third-order valence-corrected chi connectivity index (χ3v) is 3.01. The first kappa shape index (κ1) is 12.5. The molecule has 0 radical (unpaired) electrons. The van der Waals surface area contributed by atoms with Gasteiger partial charge in [-0.25, -0.2) is 0 Å². The van der Waals surface area contributed by atoms with Crippen molar-refractivity contribution in [2.24, 2.45) is 5.73 Å². The largest absolute Gasteiger partial charge is 0.493 e. The first-order valence-electron chi connectivity index (χ1n) is 5.67. The van der Waals surface area contributed by atoms with E-state index in [1.807, 2.05) is 25.1 Å². The first-order valence-corrected chi connectivity index (χ1v) is 5.67. The second-order valence-corrected chi connectivity index (χ2v) is 4.10. The third-order valence-electron chi connectivity index (χ3n) is 3.01. The Morgan fingerprint density at radius 3 is 2.39 bits per heavy atom. The fourth-order valence-electron chi connectivity index (χ4n) is 1.96. The van der Waals surface area contributed by atoms with Gasteiger partial charge in [0, 0.05) is 5.56 Å². The molecule has 0 saturated carbocycles. The van der Waals surface area contributed by atoms with Gasteiger partial charge in [-0.2, -0.15) is 0 Å². The number of aryl methyl sites for hydroxylation is 1. The van der Waals surface area contributed by atoms with Crippen LogP contribution in [-0.4, -0.2) is 14.2 Å². The summed E-state index contributed by atoms with van der Waals surface area (Å²) in [4.78, 5) is 0. The Balaban J connectivity index is 2.45. The van der Waals surface area contributed by atoms with Crippen molar-refractivity contribution in [2.75, 3.05) is 14.2 Å². The van der Waals surface area contributed by atoms with E-state index in [4.69, 9.17) is 19.6 Å². The molecule has 2 aromatic rings. The van der Waals surface area contributed by atoms with Crippen LogP contribution in [0.15, 0.2) is 35.1 Å². The minimum absolute atomic E-state index is 0.233. The van der Waals surface area contributed by atoms with Crippen molar-refractivity contribution in [1.82, 2.24) is 0 Å². The zero-order valence-corrected chi connectivity index (χ0v) is 10.8. The third kappa shape index (κ3) is 2.19. The highest BCUT2D eigenvalue weighted by Gasteiger charge is 2.16. The summed E-state index contributed by atoms with van der Waals surface area (Å²) < 4.78 is 15.6. The smallest absolute Gasteiger partial charge is 0.161 e. The molecule has 0 saturated heterocycles. The molecule has 4 heteroatoms. The molecule has 2 N–H and O–H groups in total. The molecule has 0 amide bonds. The standard InChI is InChI=1S/C14H17NO3/c1-9-6-12(16-2)13(17-3)7-11(9)14(15)10-4-5-18-8-10/h4-8,14H,15H2,1-3H3. The number of hydrogen-bond acceptors (Lipinski definition) is 4. The number of rotatable bonds is 4. The molecule has 1 aromatic carbocycles. The monoisotopic (exact) mass is 247 g/mol. The predicted molar refractivity (Wildman–Crippen MR) is 69.0 cm³/mol. The van der Waals surface area contributed by atoms with E-state index in [1.165, 1.54) is 0 Å². The molecule has 1 unspecified atom stereocenters. The van der Waals surface area contributed by atoms with Crippen LogP contribution in [0.5, 0.6) is 11.5 Å². The van der Waals surface area contributed by atoms with Crippen molar-refractivity contribution in [3.8, 4) is 11.5 Å². The Labute approximate surface area is 106 Å². The SMILES string of the molecule is COc1cc(C)c(C(N)c2ccoc2)cc1OC. The molecule has 0 aliphatic carbocycles. The molecule has 1 heterocycles. The summed E-state index contributed by atoms with van der Waals surface area (Å²) in [5.74, 6) is 1.38. The molecule has 0 aliphatic rings. The lowest BCUT2D eigenvalue weighted by molar-refractivity contribution is 0.354. The van der Waals surface area contributed by atoms with Crippen LogP contribution in [0.3, 0.4) is 0 Å². The molecule has 1 atom stereocenters. The minimum atomic E-state index is -0.233. The van der Waals surface area contributed by atoms with E-state index in [2.05, 4.69) is 0 Å². The lowest BCUT2D eigenvalue weighted by Crippen LogP contribution is -2.12. The van der Waals surface area contributed by atoms with E-state index >= 15 is 0 Å². The van der Waals surface area contributed by atoms with Gasteiger partial charge in [0.05, 0.1) is 32.8 Å². The zero-order chi connectivity index (χ0) is 13.1. The van der Waals surface area contributed by atoms with Crippen LogP contribution in [0.1, 0.15) is 22.7 Å². The van der Waals surface area contributed by atoms with Gasteiger partial charge >= 0.3 is 0 Å². The molecule has 4 nitrogen and oxygen atoms in total. The molecule has 2 rings (SSSR count). The van der Waals surface area contributed by atoms with E-state index in [1.54, 1.807) is 26.7 Å². The average molecular weight is 247 g/mol. The van der Waals surface area contributed by atoms with Gasteiger partial charge in [-0.1, -0.05) is 0 Å². The predicted octanol–water partition coefficient (Wildman–Crippen LogP) is 2.65. The van der Waals surface area contributed by atoms with Crippen LogP contribution >= 0.6 is 0 Å². The summed E-state index contributed by atoms with van der Waals surface area (Å²) >= 11 is 0. The topological polar surface area (TPSA) is 57.6 Å². The molecule has 0 fully saturated rings. The number of benzene rings is 1. The average Bonchev–Trinajstić information content (AvgIpc) is 2.91. The number of nitrogens with two attached hydrogens (primary N) is 1.